The van der Waals surface area contributed by atoms with E-state index in [0.717, 1.165) is 27.9 Å². The maximum atomic E-state index is 14.2. The fourth-order valence-electron chi connectivity index (χ4n) is 3.97. The first-order valence-electron chi connectivity index (χ1n) is 10.4. The van der Waals surface area contributed by atoms with Gasteiger partial charge in [-0.15, -0.1) is 0 Å². The Balaban J connectivity index is 1.57. The van der Waals surface area contributed by atoms with E-state index >= 15 is 0 Å². The van der Waals surface area contributed by atoms with Gasteiger partial charge >= 0.3 is 6.03 Å². The second-order valence-corrected chi connectivity index (χ2v) is 7.76. The fourth-order valence-corrected chi connectivity index (χ4v) is 3.97. The van der Waals surface area contributed by atoms with Crippen molar-refractivity contribution >= 4 is 40.5 Å². The molecule has 0 unspecified atom stereocenters. The molecule has 1 aromatic heterocycles. The zero-order chi connectivity index (χ0) is 23.8. The van der Waals surface area contributed by atoms with Crippen LogP contribution < -0.4 is 10.2 Å². The van der Waals surface area contributed by atoms with Crippen LogP contribution in [-0.2, 0) is 16.1 Å². The maximum absolute atomic E-state index is 14.2. The van der Waals surface area contributed by atoms with Crippen LogP contribution in [0.25, 0.3) is 17.0 Å². The fraction of sp³-hybridized carbons (Fsp3) is 0.0385. The number of para-hydroxylation sites is 1. The zero-order valence-corrected chi connectivity index (χ0v) is 17.7. The number of amides is 4. The van der Waals surface area contributed by atoms with E-state index in [2.05, 4.69) is 5.32 Å². The van der Waals surface area contributed by atoms with Crippen molar-refractivity contribution in [3.8, 4) is 0 Å². The van der Waals surface area contributed by atoms with Crippen LogP contribution in [-0.4, -0.2) is 22.4 Å². The Morgan fingerprint density at radius 2 is 1.56 bits per heavy atom. The molecule has 1 fully saturated rings. The van der Waals surface area contributed by atoms with Gasteiger partial charge in [0.05, 0.1) is 12.2 Å². The Morgan fingerprint density at radius 3 is 2.32 bits per heavy atom. The standard InChI is InChI=1S/C26H17F2N3O3/c27-18-9-11-19(12-10-18)31-25(33)21(24(32)29-26(31)34)13-17-15-30(23-8-4-2-6-20(17)23)14-16-5-1-3-7-22(16)28/h1-13,15H,14H2,(H,29,32,34). The lowest BCUT2D eigenvalue weighted by Gasteiger charge is -2.26. The van der Waals surface area contributed by atoms with E-state index in [0.29, 0.717) is 11.1 Å². The Hall–Kier alpha value is -4.59. The van der Waals surface area contributed by atoms with E-state index in [4.69, 9.17) is 0 Å². The molecule has 0 radical (unpaired) electrons. The first-order chi connectivity index (χ1) is 16.4. The third kappa shape index (κ3) is 3.75. The number of benzene rings is 3. The van der Waals surface area contributed by atoms with Crippen LogP contribution in [0, 0.1) is 11.6 Å². The first kappa shape index (κ1) is 21.3. The van der Waals surface area contributed by atoms with E-state index in [9.17, 15) is 23.2 Å². The van der Waals surface area contributed by atoms with Crippen LogP contribution in [0.3, 0.4) is 0 Å². The number of aromatic nitrogens is 1. The van der Waals surface area contributed by atoms with Gasteiger partial charge in [-0.25, -0.2) is 18.5 Å². The summed E-state index contributed by atoms with van der Waals surface area (Å²) in [5.41, 5.74) is 1.70. The summed E-state index contributed by atoms with van der Waals surface area (Å²) in [5.74, 6) is -2.52. The van der Waals surface area contributed by atoms with Crippen molar-refractivity contribution in [2.24, 2.45) is 0 Å². The molecule has 0 bridgehead atoms. The predicted octanol–water partition coefficient (Wildman–Crippen LogP) is 4.63. The molecule has 34 heavy (non-hydrogen) atoms. The molecule has 6 nitrogen and oxygen atoms in total. The molecule has 1 aliphatic rings. The zero-order valence-electron chi connectivity index (χ0n) is 17.7. The minimum atomic E-state index is -0.916. The second kappa shape index (κ2) is 8.40. The van der Waals surface area contributed by atoms with Gasteiger partial charge in [0.2, 0.25) is 0 Å². The van der Waals surface area contributed by atoms with Gasteiger partial charge in [0.25, 0.3) is 11.8 Å². The van der Waals surface area contributed by atoms with Gasteiger partial charge in [0.1, 0.15) is 17.2 Å². The van der Waals surface area contributed by atoms with Crippen molar-refractivity contribution in [2.75, 3.05) is 4.90 Å². The molecule has 0 atom stereocenters. The molecule has 4 aromatic rings. The van der Waals surface area contributed by atoms with E-state index in [-0.39, 0.29) is 23.6 Å². The number of carbonyl (C=O) groups excluding carboxylic acids is 3. The monoisotopic (exact) mass is 457 g/mol. The van der Waals surface area contributed by atoms with Crippen LogP contribution in [0.15, 0.2) is 84.6 Å². The molecule has 168 valence electrons. The summed E-state index contributed by atoms with van der Waals surface area (Å²) in [6.07, 6.45) is 3.13. The number of hydrogen-bond acceptors (Lipinski definition) is 3. The third-order valence-corrected chi connectivity index (χ3v) is 5.60. The molecule has 2 heterocycles. The molecule has 3 aromatic carbocycles. The Kier molecular flexibility index (Phi) is 5.25. The number of carbonyl (C=O) groups is 3. The molecule has 1 saturated heterocycles. The number of fused-ring (bicyclic) bond motifs is 1. The molecule has 5 rings (SSSR count). The van der Waals surface area contributed by atoms with Crippen molar-refractivity contribution in [1.82, 2.24) is 9.88 Å². The van der Waals surface area contributed by atoms with Crippen molar-refractivity contribution in [3.63, 3.8) is 0 Å². The van der Waals surface area contributed by atoms with Gasteiger partial charge in [-0.3, -0.25) is 14.9 Å². The second-order valence-electron chi connectivity index (χ2n) is 7.76. The summed E-state index contributed by atoms with van der Waals surface area (Å²) in [7, 11) is 0. The largest absolute Gasteiger partial charge is 0.342 e. The highest BCUT2D eigenvalue weighted by atomic mass is 19.1. The van der Waals surface area contributed by atoms with Gasteiger partial charge in [0, 0.05) is 28.2 Å². The summed E-state index contributed by atoms with van der Waals surface area (Å²) >= 11 is 0. The topological polar surface area (TPSA) is 71.4 Å². The normalized spacial score (nSPS) is 15.3. The Bertz CT molecular complexity index is 1490. The number of nitrogens with one attached hydrogen (secondary N) is 1. The van der Waals surface area contributed by atoms with Gasteiger partial charge in [-0.1, -0.05) is 36.4 Å². The van der Waals surface area contributed by atoms with Gasteiger partial charge in [-0.05, 0) is 42.5 Å². The van der Waals surface area contributed by atoms with E-state index in [1.165, 1.54) is 24.3 Å². The third-order valence-electron chi connectivity index (χ3n) is 5.60. The van der Waals surface area contributed by atoms with Crippen LogP contribution in [0.1, 0.15) is 11.1 Å². The highest BCUT2D eigenvalue weighted by Gasteiger charge is 2.37. The van der Waals surface area contributed by atoms with E-state index in [1.807, 2.05) is 28.8 Å². The molecule has 1 aliphatic heterocycles. The molecule has 4 amide bonds. The van der Waals surface area contributed by atoms with Crippen molar-refractivity contribution in [2.45, 2.75) is 6.54 Å². The number of barbiturate groups is 1. The number of urea groups is 1. The molecule has 0 saturated carbocycles. The number of halogens is 2. The molecule has 0 aliphatic carbocycles. The lowest BCUT2D eigenvalue weighted by Crippen LogP contribution is -2.54. The Labute approximate surface area is 192 Å². The molecular formula is C26H17F2N3O3. The average molecular weight is 457 g/mol. The first-order valence-corrected chi connectivity index (χ1v) is 10.4. The lowest BCUT2D eigenvalue weighted by atomic mass is 10.1. The molecular weight excluding hydrogens is 440 g/mol. The number of rotatable bonds is 4. The van der Waals surface area contributed by atoms with E-state index < -0.39 is 23.7 Å². The van der Waals surface area contributed by atoms with Crippen LogP contribution >= 0.6 is 0 Å². The highest BCUT2D eigenvalue weighted by molar-refractivity contribution is 6.39. The minimum absolute atomic E-state index is 0.129. The summed E-state index contributed by atoms with van der Waals surface area (Å²) in [6, 6.07) is 17.6. The van der Waals surface area contributed by atoms with Crippen molar-refractivity contribution in [3.05, 3.63) is 107 Å². The summed E-state index contributed by atoms with van der Waals surface area (Å²) in [6.45, 7) is 0.247. The van der Waals surface area contributed by atoms with Gasteiger partial charge in [-0.2, -0.15) is 0 Å². The lowest BCUT2D eigenvalue weighted by molar-refractivity contribution is -0.122. The maximum Gasteiger partial charge on any atom is 0.335 e. The minimum Gasteiger partial charge on any atom is -0.342 e. The Morgan fingerprint density at radius 1 is 0.853 bits per heavy atom. The molecule has 0 spiro atoms. The van der Waals surface area contributed by atoms with Crippen molar-refractivity contribution < 1.29 is 23.2 Å². The smallest absolute Gasteiger partial charge is 0.335 e. The van der Waals surface area contributed by atoms with Crippen LogP contribution in [0.2, 0.25) is 0 Å². The SMILES string of the molecule is O=C1NC(=O)N(c2ccc(F)cc2)C(=O)C1=Cc1cn(Cc2ccccc2F)c2ccccc12. The number of nitrogens with zero attached hydrogens (tertiary/aromatic N) is 2. The van der Waals surface area contributed by atoms with Gasteiger partial charge < -0.3 is 4.57 Å². The quantitative estimate of drug-likeness (QED) is 0.359. The summed E-state index contributed by atoms with van der Waals surface area (Å²) in [4.78, 5) is 38.9. The highest BCUT2D eigenvalue weighted by Crippen LogP contribution is 2.27. The predicted molar refractivity (Wildman–Crippen MR) is 123 cm³/mol. The van der Waals surface area contributed by atoms with Crippen LogP contribution in [0.5, 0.6) is 0 Å². The van der Waals surface area contributed by atoms with Gasteiger partial charge in [0.15, 0.2) is 0 Å². The number of anilines is 1. The van der Waals surface area contributed by atoms with E-state index in [1.54, 1.807) is 24.4 Å². The number of hydrogen-bond donors (Lipinski definition) is 1. The van der Waals surface area contributed by atoms with Crippen molar-refractivity contribution in [1.29, 1.82) is 0 Å². The van der Waals surface area contributed by atoms with Crippen LogP contribution in [0.4, 0.5) is 19.3 Å². The molecule has 8 heteroatoms. The molecule has 1 N–H and O–H groups in total. The number of imide groups is 2. The summed E-state index contributed by atoms with van der Waals surface area (Å²) < 4.78 is 29.4. The summed E-state index contributed by atoms with van der Waals surface area (Å²) in [5, 5.41) is 2.90. The average Bonchev–Trinajstić information content (AvgIpc) is 3.16.